The lowest BCUT2D eigenvalue weighted by molar-refractivity contribution is 0.0951. The Labute approximate surface area is 152 Å². The van der Waals surface area contributed by atoms with Crippen molar-refractivity contribution in [2.45, 2.75) is 24.3 Å². The third-order valence-electron chi connectivity index (χ3n) is 4.20. The number of hydrogen-bond donors (Lipinski definition) is 1. The zero-order valence-corrected chi connectivity index (χ0v) is 15.2. The van der Waals surface area contributed by atoms with Crippen LogP contribution in [0.4, 0.5) is 0 Å². The number of amides is 1. The molecule has 1 N–H and O–H groups in total. The number of rotatable bonds is 5. The van der Waals surface area contributed by atoms with Crippen LogP contribution in [-0.4, -0.2) is 31.7 Å². The molecule has 132 valence electrons. The van der Waals surface area contributed by atoms with Crippen LogP contribution in [0.3, 0.4) is 0 Å². The predicted octanol–water partition coefficient (Wildman–Crippen LogP) is 3.05. The van der Waals surface area contributed by atoms with Gasteiger partial charge in [0.2, 0.25) is 10.0 Å². The van der Waals surface area contributed by atoms with E-state index < -0.39 is 10.0 Å². The van der Waals surface area contributed by atoms with Crippen LogP contribution in [0, 0.1) is 0 Å². The summed E-state index contributed by atoms with van der Waals surface area (Å²) in [6.07, 6.45) is 1.82. The molecule has 0 radical (unpaired) electrons. The second-order valence-corrected chi connectivity index (χ2v) is 8.26. The molecule has 1 aliphatic heterocycles. The first-order valence-electron chi connectivity index (χ1n) is 8.10. The van der Waals surface area contributed by atoms with Crippen molar-refractivity contribution in [3.05, 3.63) is 64.7 Å². The molecule has 7 heteroatoms. The summed E-state index contributed by atoms with van der Waals surface area (Å²) >= 11 is 6.00. The van der Waals surface area contributed by atoms with E-state index in [-0.39, 0.29) is 10.8 Å². The smallest absolute Gasteiger partial charge is 0.253 e. The number of benzene rings is 2. The van der Waals surface area contributed by atoms with E-state index in [0.29, 0.717) is 30.2 Å². The van der Waals surface area contributed by atoms with Gasteiger partial charge >= 0.3 is 0 Å². The van der Waals surface area contributed by atoms with Gasteiger partial charge in [-0.3, -0.25) is 4.79 Å². The summed E-state index contributed by atoms with van der Waals surface area (Å²) in [6, 6.07) is 13.4. The quantitative estimate of drug-likeness (QED) is 0.869. The van der Waals surface area contributed by atoms with Crippen molar-refractivity contribution in [2.24, 2.45) is 0 Å². The Bertz CT molecular complexity index is 860. The highest BCUT2D eigenvalue weighted by Gasteiger charge is 2.26. The molecule has 2 aromatic rings. The molecule has 0 saturated carbocycles. The van der Waals surface area contributed by atoms with E-state index >= 15 is 0 Å². The highest BCUT2D eigenvalue weighted by atomic mass is 35.5. The van der Waals surface area contributed by atoms with Gasteiger partial charge in [0, 0.05) is 19.6 Å². The molecule has 1 fully saturated rings. The maximum absolute atomic E-state index is 12.5. The lowest BCUT2D eigenvalue weighted by Crippen LogP contribution is -2.28. The molecule has 1 saturated heterocycles. The normalized spacial score (nSPS) is 15.2. The number of carbonyl (C=O) groups excluding carboxylic acids is 1. The fourth-order valence-corrected chi connectivity index (χ4v) is 4.52. The first-order chi connectivity index (χ1) is 12.0. The molecule has 25 heavy (non-hydrogen) atoms. The Morgan fingerprint density at radius 3 is 2.32 bits per heavy atom. The van der Waals surface area contributed by atoms with Crippen LogP contribution in [0.1, 0.15) is 28.8 Å². The van der Waals surface area contributed by atoms with Gasteiger partial charge in [-0.1, -0.05) is 35.9 Å². The van der Waals surface area contributed by atoms with Gasteiger partial charge in [-0.2, -0.15) is 4.31 Å². The molecule has 2 aromatic carbocycles. The van der Waals surface area contributed by atoms with Crippen molar-refractivity contribution in [2.75, 3.05) is 13.1 Å². The Morgan fingerprint density at radius 1 is 1.04 bits per heavy atom. The molecule has 0 aromatic heterocycles. The van der Waals surface area contributed by atoms with Crippen LogP contribution in [-0.2, 0) is 16.6 Å². The lowest BCUT2D eigenvalue weighted by Gasteiger charge is -2.15. The van der Waals surface area contributed by atoms with Crippen LogP contribution in [0.25, 0.3) is 0 Å². The molecule has 0 spiro atoms. The van der Waals surface area contributed by atoms with Crippen molar-refractivity contribution in [3.8, 4) is 0 Å². The second kappa shape index (κ2) is 7.56. The Balaban J connectivity index is 1.65. The van der Waals surface area contributed by atoms with Gasteiger partial charge in [0.05, 0.1) is 15.5 Å². The minimum absolute atomic E-state index is 0.264. The summed E-state index contributed by atoms with van der Waals surface area (Å²) in [5.41, 5.74) is 1.23. The van der Waals surface area contributed by atoms with Gasteiger partial charge in [0.15, 0.2) is 0 Å². The van der Waals surface area contributed by atoms with Gasteiger partial charge in [0.25, 0.3) is 5.91 Å². The number of nitrogens with zero attached hydrogens (tertiary/aromatic N) is 1. The summed E-state index contributed by atoms with van der Waals surface area (Å²) < 4.78 is 26.5. The Morgan fingerprint density at radius 2 is 1.68 bits per heavy atom. The average Bonchev–Trinajstić information content (AvgIpc) is 3.16. The molecular weight excluding hydrogens is 360 g/mol. The lowest BCUT2D eigenvalue weighted by atomic mass is 10.2. The summed E-state index contributed by atoms with van der Waals surface area (Å²) in [5, 5.41) is 3.18. The monoisotopic (exact) mass is 378 g/mol. The van der Waals surface area contributed by atoms with E-state index in [2.05, 4.69) is 5.32 Å². The van der Waals surface area contributed by atoms with Crippen LogP contribution >= 0.6 is 11.6 Å². The number of hydrogen-bond acceptors (Lipinski definition) is 3. The van der Waals surface area contributed by atoms with Gasteiger partial charge in [0.1, 0.15) is 0 Å². The minimum Gasteiger partial charge on any atom is -0.348 e. The molecule has 1 amide bonds. The van der Waals surface area contributed by atoms with E-state index in [1.54, 1.807) is 48.5 Å². The molecule has 0 bridgehead atoms. The van der Waals surface area contributed by atoms with Crippen LogP contribution in [0.2, 0.25) is 5.02 Å². The van der Waals surface area contributed by atoms with Gasteiger partial charge in [-0.05, 0) is 42.7 Å². The predicted molar refractivity (Wildman–Crippen MR) is 97.1 cm³/mol. The van der Waals surface area contributed by atoms with Crippen molar-refractivity contribution < 1.29 is 13.2 Å². The minimum atomic E-state index is -3.41. The number of nitrogens with one attached hydrogen (secondary N) is 1. The third-order valence-corrected chi connectivity index (χ3v) is 6.44. The van der Waals surface area contributed by atoms with Crippen molar-refractivity contribution in [1.29, 1.82) is 0 Å². The van der Waals surface area contributed by atoms with E-state index in [0.717, 1.165) is 18.4 Å². The molecule has 1 heterocycles. The van der Waals surface area contributed by atoms with Gasteiger partial charge in [-0.25, -0.2) is 8.42 Å². The number of halogens is 1. The van der Waals surface area contributed by atoms with Crippen molar-refractivity contribution in [1.82, 2.24) is 9.62 Å². The molecule has 0 aliphatic carbocycles. The van der Waals surface area contributed by atoms with E-state index in [1.165, 1.54) is 4.31 Å². The zero-order valence-electron chi connectivity index (χ0n) is 13.6. The Hall–Kier alpha value is -1.89. The maximum Gasteiger partial charge on any atom is 0.253 e. The topological polar surface area (TPSA) is 66.5 Å². The third kappa shape index (κ3) is 4.03. The van der Waals surface area contributed by atoms with Gasteiger partial charge < -0.3 is 5.32 Å². The number of carbonyl (C=O) groups is 1. The second-order valence-electron chi connectivity index (χ2n) is 5.92. The first kappa shape index (κ1) is 17.9. The molecule has 3 rings (SSSR count). The molecule has 5 nitrogen and oxygen atoms in total. The zero-order chi connectivity index (χ0) is 17.9. The van der Waals surface area contributed by atoms with E-state index in [1.807, 2.05) is 0 Å². The van der Waals surface area contributed by atoms with Gasteiger partial charge in [-0.15, -0.1) is 0 Å². The summed E-state index contributed by atoms with van der Waals surface area (Å²) in [7, 11) is -3.41. The first-order valence-corrected chi connectivity index (χ1v) is 9.92. The van der Waals surface area contributed by atoms with Crippen molar-refractivity contribution in [3.63, 3.8) is 0 Å². The maximum atomic E-state index is 12.5. The Kier molecular flexibility index (Phi) is 5.42. The molecule has 0 atom stereocenters. The average molecular weight is 379 g/mol. The van der Waals surface area contributed by atoms with Crippen LogP contribution in [0.15, 0.2) is 53.4 Å². The van der Waals surface area contributed by atoms with Crippen LogP contribution < -0.4 is 5.32 Å². The fraction of sp³-hybridized carbons (Fsp3) is 0.278. The standard InChI is InChI=1S/C18H19ClN2O3S/c19-17-6-2-1-5-16(17)18(22)20-13-14-7-9-15(10-8-14)25(23,24)21-11-3-4-12-21/h1-2,5-10H,3-4,11-13H2,(H,20,22). The highest BCUT2D eigenvalue weighted by molar-refractivity contribution is 7.89. The van der Waals surface area contributed by atoms with Crippen molar-refractivity contribution >= 4 is 27.5 Å². The molecular formula is C18H19ClN2O3S. The SMILES string of the molecule is O=C(NCc1ccc(S(=O)(=O)N2CCCC2)cc1)c1ccccc1Cl. The van der Waals surface area contributed by atoms with E-state index in [9.17, 15) is 13.2 Å². The fourth-order valence-electron chi connectivity index (χ4n) is 2.78. The molecule has 0 unspecified atom stereocenters. The summed E-state index contributed by atoms with van der Waals surface area (Å²) in [6.45, 7) is 1.46. The molecule has 1 aliphatic rings. The largest absolute Gasteiger partial charge is 0.348 e. The van der Waals surface area contributed by atoms with Crippen LogP contribution in [0.5, 0.6) is 0 Å². The summed E-state index contributed by atoms with van der Waals surface area (Å²) in [5.74, 6) is -0.264. The highest BCUT2D eigenvalue weighted by Crippen LogP contribution is 2.21. The summed E-state index contributed by atoms with van der Waals surface area (Å²) in [4.78, 5) is 12.4. The van der Waals surface area contributed by atoms with E-state index in [4.69, 9.17) is 11.6 Å². The number of sulfonamides is 1.